The second kappa shape index (κ2) is 8.83. The number of allylic oxidation sites excluding steroid dienone is 1. The normalized spacial score (nSPS) is 14.2. The SMILES string of the molecule is C=C(C)C[C@H](C)[C@@H](C)CC.CC. The van der Waals surface area contributed by atoms with Crippen LogP contribution in [0.15, 0.2) is 12.2 Å². The summed E-state index contributed by atoms with van der Waals surface area (Å²) >= 11 is 0. The first-order valence-corrected chi connectivity index (χ1v) is 5.22. The molecule has 0 nitrogen and oxygen atoms in total. The Balaban J connectivity index is 0. The number of hydrogen-bond acceptors (Lipinski definition) is 0. The van der Waals surface area contributed by atoms with Gasteiger partial charge in [-0.25, -0.2) is 0 Å². The van der Waals surface area contributed by atoms with E-state index in [1.807, 2.05) is 13.8 Å². The molecule has 0 amide bonds. The molecule has 0 saturated heterocycles. The maximum Gasteiger partial charge on any atom is -0.0297 e. The van der Waals surface area contributed by atoms with E-state index in [9.17, 15) is 0 Å². The van der Waals surface area contributed by atoms with Gasteiger partial charge in [0.05, 0.1) is 0 Å². The van der Waals surface area contributed by atoms with Crippen molar-refractivity contribution in [2.24, 2.45) is 11.8 Å². The first-order valence-electron chi connectivity index (χ1n) is 5.22. The van der Waals surface area contributed by atoms with Gasteiger partial charge in [0.2, 0.25) is 0 Å². The standard InChI is InChI=1S/C10H20.C2H6/c1-6-9(4)10(5)7-8(2)3;1-2/h9-10H,2,6-7H2,1,3-5H3;1-2H3/t9-,10-;/m0./s1. The average Bonchev–Trinajstić information content (AvgIpc) is 2.05. The van der Waals surface area contributed by atoms with E-state index in [1.54, 1.807) is 0 Å². The molecule has 0 spiro atoms. The summed E-state index contributed by atoms with van der Waals surface area (Å²) in [5, 5.41) is 0. The molecule has 0 unspecified atom stereocenters. The van der Waals surface area contributed by atoms with Gasteiger partial charge in [-0.15, -0.1) is 6.58 Å². The highest BCUT2D eigenvalue weighted by atomic mass is 14.1. The minimum Gasteiger partial charge on any atom is -0.100 e. The minimum absolute atomic E-state index is 0.808. The minimum atomic E-state index is 0.808. The summed E-state index contributed by atoms with van der Waals surface area (Å²) in [6.07, 6.45) is 2.48. The first-order chi connectivity index (χ1) is 5.57. The maximum absolute atomic E-state index is 3.91. The van der Waals surface area contributed by atoms with Crippen molar-refractivity contribution in [3.63, 3.8) is 0 Å². The molecule has 0 aliphatic rings. The van der Waals surface area contributed by atoms with E-state index in [0.717, 1.165) is 11.8 Å². The van der Waals surface area contributed by atoms with E-state index in [2.05, 4.69) is 34.3 Å². The Morgan fingerprint density at radius 1 is 1.17 bits per heavy atom. The van der Waals surface area contributed by atoms with Gasteiger partial charge >= 0.3 is 0 Å². The summed E-state index contributed by atoms with van der Waals surface area (Å²) < 4.78 is 0. The van der Waals surface area contributed by atoms with E-state index >= 15 is 0 Å². The third-order valence-corrected chi connectivity index (χ3v) is 2.29. The molecule has 2 atom stereocenters. The largest absolute Gasteiger partial charge is 0.100 e. The van der Waals surface area contributed by atoms with Crippen LogP contribution < -0.4 is 0 Å². The monoisotopic (exact) mass is 170 g/mol. The topological polar surface area (TPSA) is 0 Å². The second-order valence-corrected chi connectivity index (χ2v) is 3.52. The lowest BCUT2D eigenvalue weighted by Crippen LogP contribution is -2.06. The van der Waals surface area contributed by atoms with Gasteiger partial charge in [0.25, 0.3) is 0 Å². The Hall–Kier alpha value is -0.260. The smallest absolute Gasteiger partial charge is 0.0297 e. The lowest BCUT2D eigenvalue weighted by molar-refractivity contribution is 0.374. The Morgan fingerprint density at radius 3 is 1.83 bits per heavy atom. The molecular formula is C12H26. The van der Waals surface area contributed by atoms with Crippen LogP contribution in [-0.2, 0) is 0 Å². The molecule has 0 aromatic heterocycles. The van der Waals surface area contributed by atoms with Gasteiger partial charge in [0, 0.05) is 0 Å². The maximum atomic E-state index is 3.91. The van der Waals surface area contributed by atoms with Crippen molar-refractivity contribution in [1.29, 1.82) is 0 Å². The van der Waals surface area contributed by atoms with E-state index in [4.69, 9.17) is 0 Å². The van der Waals surface area contributed by atoms with Gasteiger partial charge in [0.1, 0.15) is 0 Å². The van der Waals surface area contributed by atoms with Gasteiger partial charge in [-0.2, -0.15) is 0 Å². The highest BCUT2D eigenvalue weighted by Gasteiger charge is 2.08. The van der Waals surface area contributed by atoms with E-state index in [-0.39, 0.29) is 0 Å². The van der Waals surface area contributed by atoms with Gasteiger partial charge in [-0.05, 0) is 25.2 Å². The lowest BCUT2D eigenvalue weighted by Gasteiger charge is -2.17. The van der Waals surface area contributed by atoms with E-state index in [1.165, 1.54) is 18.4 Å². The molecule has 0 heterocycles. The van der Waals surface area contributed by atoms with Crippen LogP contribution in [0, 0.1) is 11.8 Å². The van der Waals surface area contributed by atoms with Crippen molar-refractivity contribution in [3.05, 3.63) is 12.2 Å². The Labute approximate surface area is 79.1 Å². The Kier molecular flexibility index (Phi) is 10.5. The predicted octanol–water partition coefficient (Wildman–Crippen LogP) is 4.66. The molecule has 0 fully saturated rings. The zero-order valence-corrected chi connectivity index (χ0v) is 9.78. The highest BCUT2D eigenvalue weighted by Crippen LogP contribution is 2.20. The zero-order valence-electron chi connectivity index (χ0n) is 9.78. The quantitative estimate of drug-likeness (QED) is 0.538. The number of hydrogen-bond donors (Lipinski definition) is 0. The van der Waals surface area contributed by atoms with E-state index in [0.29, 0.717) is 0 Å². The highest BCUT2D eigenvalue weighted by molar-refractivity contribution is 4.90. The van der Waals surface area contributed by atoms with Crippen LogP contribution in [0.1, 0.15) is 54.4 Å². The second-order valence-electron chi connectivity index (χ2n) is 3.52. The summed E-state index contributed by atoms with van der Waals surface area (Å²) in [5.41, 5.74) is 1.31. The molecule has 0 aliphatic carbocycles. The molecule has 0 aromatic carbocycles. The van der Waals surface area contributed by atoms with Crippen LogP contribution in [-0.4, -0.2) is 0 Å². The van der Waals surface area contributed by atoms with Crippen molar-refractivity contribution < 1.29 is 0 Å². The lowest BCUT2D eigenvalue weighted by atomic mass is 9.89. The molecule has 0 radical (unpaired) electrons. The van der Waals surface area contributed by atoms with Crippen molar-refractivity contribution in [3.8, 4) is 0 Å². The summed E-state index contributed by atoms with van der Waals surface area (Å²) in [6.45, 7) is 16.9. The summed E-state index contributed by atoms with van der Waals surface area (Å²) in [6, 6.07) is 0. The van der Waals surface area contributed by atoms with E-state index < -0.39 is 0 Å². The molecule has 0 N–H and O–H groups in total. The third kappa shape index (κ3) is 7.84. The van der Waals surface area contributed by atoms with Crippen molar-refractivity contribution in [2.75, 3.05) is 0 Å². The first kappa shape index (κ1) is 14.3. The van der Waals surface area contributed by atoms with Gasteiger partial charge in [-0.3, -0.25) is 0 Å². The van der Waals surface area contributed by atoms with Crippen LogP contribution >= 0.6 is 0 Å². The molecule has 74 valence electrons. The summed E-state index contributed by atoms with van der Waals surface area (Å²) in [7, 11) is 0. The number of rotatable bonds is 4. The van der Waals surface area contributed by atoms with Crippen LogP contribution in [0.25, 0.3) is 0 Å². The van der Waals surface area contributed by atoms with Crippen LogP contribution in [0.3, 0.4) is 0 Å². The average molecular weight is 170 g/mol. The molecule has 0 aliphatic heterocycles. The molecule has 12 heavy (non-hydrogen) atoms. The fourth-order valence-electron chi connectivity index (χ4n) is 1.15. The summed E-state index contributed by atoms with van der Waals surface area (Å²) in [4.78, 5) is 0. The van der Waals surface area contributed by atoms with Crippen LogP contribution in [0.2, 0.25) is 0 Å². The third-order valence-electron chi connectivity index (χ3n) is 2.29. The molecule has 0 rings (SSSR count). The fourth-order valence-corrected chi connectivity index (χ4v) is 1.15. The summed E-state index contributed by atoms with van der Waals surface area (Å²) in [5.74, 6) is 1.65. The van der Waals surface area contributed by atoms with Crippen LogP contribution in [0.4, 0.5) is 0 Å². The van der Waals surface area contributed by atoms with Gasteiger partial charge in [0.15, 0.2) is 0 Å². The van der Waals surface area contributed by atoms with Crippen molar-refractivity contribution >= 4 is 0 Å². The van der Waals surface area contributed by atoms with Crippen molar-refractivity contribution in [1.82, 2.24) is 0 Å². The van der Waals surface area contributed by atoms with Gasteiger partial charge < -0.3 is 0 Å². The predicted molar refractivity (Wildman–Crippen MR) is 59.4 cm³/mol. The molecule has 0 saturated carbocycles. The molecule has 0 heteroatoms. The van der Waals surface area contributed by atoms with Crippen molar-refractivity contribution in [2.45, 2.75) is 54.4 Å². The van der Waals surface area contributed by atoms with Gasteiger partial charge in [-0.1, -0.05) is 46.6 Å². The van der Waals surface area contributed by atoms with Crippen LogP contribution in [0.5, 0.6) is 0 Å². The molecule has 0 bridgehead atoms. The molecule has 0 aromatic rings. The Bertz CT molecular complexity index is 103. The fraction of sp³-hybridized carbons (Fsp3) is 0.833. The zero-order chi connectivity index (χ0) is 10.1. The molecular weight excluding hydrogens is 144 g/mol. The Morgan fingerprint density at radius 2 is 1.58 bits per heavy atom.